The lowest BCUT2D eigenvalue weighted by Crippen LogP contribution is -2.12. The molecule has 0 aliphatic carbocycles. The summed E-state index contributed by atoms with van der Waals surface area (Å²) in [5, 5.41) is 5.64. The number of hydrogen-bond acceptors (Lipinski definition) is 8. The van der Waals surface area contributed by atoms with Crippen molar-refractivity contribution in [3.05, 3.63) is 83.7 Å². The molecule has 4 rings (SSSR count). The highest BCUT2D eigenvalue weighted by Crippen LogP contribution is 2.32. The fourth-order valence-electron chi connectivity index (χ4n) is 3.79. The van der Waals surface area contributed by atoms with Crippen LogP contribution >= 0.6 is 0 Å². The summed E-state index contributed by atoms with van der Waals surface area (Å²) in [4.78, 5) is 24.9. The van der Waals surface area contributed by atoms with Gasteiger partial charge in [0.2, 0.25) is 0 Å². The first-order chi connectivity index (χ1) is 18.9. The van der Waals surface area contributed by atoms with E-state index in [2.05, 4.69) is 10.6 Å². The third-order valence-electron chi connectivity index (χ3n) is 5.85. The van der Waals surface area contributed by atoms with E-state index in [0.29, 0.717) is 76.7 Å². The normalized spacial score (nSPS) is 10.6. The average Bonchev–Trinajstić information content (AvgIpc) is 3.57. The number of carbonyl (C=O) groups is 2. The van der Waals surface area contributed by atoms with Gasteiger partial charge in [0.1, 0.15) is 11.5 Å². The van der Waals surface area contributed by atoms with E-state index in [4.69, 9.17) is 27.8 Å². The number of methoxy groups -OCH3 is 2. The summed E-state index contributed by atoms with van der Waals surface area (Å²) >= 11 is 0. The van der Waals surface area contributed by atoms with Gasteiger partial charge in [-0.25, -0.2) is 0 Å². The molecule has 0 bridgehead atoms. The van der Waals surface area contributed by atoms with Crippen molar-refractivity contribution in [2.75, 3.05) is 38.1 Å². The van der Waals surface area contributed by atoms with Gasteiger partial charge in [-0.1, -0.05) is 0 Å². The monoisotopic (exact) mass is 534 g/mol. The first kappa shape index (κ1) is 27.2. The summed E-state index contributed by atoms with van der Waals surface area (Å²) in [6.07, 6.45) is 3.53. The fourth-order valence-corrected chi connectivity index (χ4v) is 3.79. The molecule has 2 aromatic heterocycles. The van der Waals surface area contributed by atoms with Gasteiger partial charge in [0.05, 0.1) is 51.1 Å². The van der Waals surface area contributed by atoms with Gasteiger partial charge in [0.15, 0.2) is 23.0 Å². The van der Waals surface area contributed by atoms with E-state index in [9.17, 15) is 9.59 Å². The zero-order valence-electron chi connectivity index (χ0n) is 22.2. The van der Waals surface area contributed by atoms with Gasteiger partial charge in [-0.15, -0.1) is 0 Å². The van der Waals surface area contributed by atoms with Crippen LogP contribution in [0.5, 0.6) is 23.0 Å². The zero-order valence-corrected chi connectivity index (χ0v) is 22.2. The van der Waals surface area contributed by atoms with Crippen molar-refractivity contribution in [3.8, 4) is 23.0 Å². The molecule has 204 valence electrons. The predicted octanol–water partition coefficient (Wildman–Crippen LogP) is 5.86. The molecule has 0 saturated heterocycles. The van der Waals surface area contributed by atoms with Gasteiger partial charge in [0.25, 0.3) is 11.8 Å². The lowest BCUT2D eigenvalue weighted by molar-refractivity contribution is 0.101. The number of furan rings is 2. The van der Waals surface area contributed by atoms with E-state index in [0.717, 1.165) is 0 Å². The van der Waals surface area contributed by atoms with Gasteiger partial charge in [0, 0.05) is 29.9 Å². The first-order valence-corrected chi connectivity index (χ1v) is 12.2. The topological polar surface area (TPSA) is 121 Å². The Labute approximate surface area is 225 Å². The number of hydrogen-bond donors (Lipinski definition) is 2. The molecule has 0 spiro atoms. The van der Waals surface area contributed by atoms with Crippen molar-refractivity contribution in [2.45, 2.75) is 20.3 Å². The van der Waals surface area contributed by atoms with Crippen molar-refractivity contribution in [1.29, 1.82) is 0 Å². The maximum atomic E-state index is 12.4. The van der Waals surface area contributed by atoms with Crippen LogP contribution in [0.1, 0.15) is 38.7 Å². The molecule has 2 aromatic carbocycles. The summed E-state index contributed by atoms with van der Waals surface area (Å²) in [5.41, 5.74) is 2.07. The molecule has 39 heavy (non-hydrogen) atoms. The van der Waals surface area contributed by atoms with Crippen LogP contribution in [-0.2, 0) is 0 Å². The van der Waals surface area contributed by atoms with E-state index in [1.165, 1.54) is 26.7 Å². The lowest BCUT2D eigenvalue weighted by Gasteiger charge is -2.14. The number of anilines is 2. The van der Waals surface area contributed by atoms with E-state index in [1.54, 1.807) is 62.4 Å². The molecule has 0 aliphatic heterocycles. The third kappa shape index (κ3) is 6.72. The van der Waals surface area contributed by atoms with Gasteiger partial charge in [-0.05, 0) is 50.2 Å². The molecule has 4 aromatic rings. The highest BCUT2D eigenvalue weighted by Gasteiger charge is 2.15. The number of aryl methyl sites for hydroxylation is 2. The standard InChI is InChI=1S/C29H30N2O8/c1-18-22(10-14-36-18)28(32)30-20-6-8-24(26(16-20)34-3)38-12-5-13-39-25-9-7-21(17-27(25)35-4)31-29(33)23-11-15-37-19(23)2/h6-11,14-17H,5,12-13H2,1-4H3,(H,30,32)(H,31,33). The minimum Gasteiger partial charge on any atom is -0.493 e. The molecular formula is C29H30N2O8. The second kappa shape index (κ2) is 12.6. The Bertz CT molecular complexity index is 1330. The summed E-state index contributed by atoms with van der Waals surface area (Å²) < 4.78 is 33.0. The summed E-state index contributed by atoms with van der Waals surface area (Å²) in [7, 11) is 3.07. The molecule has 2 heterocycles. The Morgan fingerprint density at radius 3 is 1.46 bits per heavy atom. The molecule has 0 atom stereocenters. The second-order valence-corrected chi connectivity index (χ2v) is 8.47. The van der Waals surface area contributed by atoms with Crippen LogP contribution in [0.15, 0.2) is 69.9 Å². The SMILES string of the molecule is COc1cc(NC(=O)c2ccoc2C)ccc1OCCCOc1ccc(NC(=O)c2ccoc2C)cc1OC. The molecule has 10 nitrogen and oxygen atoms in total. The molecule has 10 heteroatoms. The van der Waals surface area contributed by atoms with E-state index in [1.807, 2.05) is 0 Å². The Balaban J connectivity index is 1.26. The minimum atomic E-state index is -0.270. The predicted molar refractivity (Wildman–Crippen MR) is 144 cm³/mol. The fraction of sp³-hybridized carbons (Fsp3) is 0.241. The van der Waals surface area contributed by atoms with Gasteiger partial charge < -0.3 is 38.4 Å². The van der Waals surface area contributed by atoms with E-state index < -0.39 is 0 Å². The number of ether oxygens (including phenoxy) is 4. The second-order valence-electron chi connectivity index (χ2n) is 8.47. The Hall–Kier alpha value is -4.86. The van der Waals surface area contributed by atoms with Crippen LogP contribution in [0.4, 0.5) is 11.4 Å². The molecule has 2 N–H and O–H groups in total. The van der Waals surface area contributed by atoms with E-state index in [-0.39, 0.29) is 11.8 Å². The molecule has 0 unspecified atom stereocenters. The van der Waals surface area contributed by atoms with Crippen LogP contribution in [0, 0.1) is 13.8 Å². The lowest BCUT2D eigenvalue weighted by atomic mass is 10.2. The van der Waals surface area contributed by atoms with Crippen molar-refractivity contribution >= 4 is 23.2 Å². The molecule has 0 radical (unpaired) electrons. The molecule has 0 aliphatic rings. The summed E-state index contributed by atoms with van der Waals surface area (Å²) in [5.74, 6) is 2.61. The average molecular weight is 535 g/mol. The number of nitrogens with one attached hydrogen (secondary N) is 2. The Morgan fingerprint density at radius 2 is 1.10 bits per heavy atom. The van der Waals surface area contributed by atoms with Crippen LogP contribution in [-0.4, -0.2) is 39.2 Å². The highest BCUT2D eigenvalue weighted by molar-refractivity contribution is 6.05. The largest absolute Gasteiger partial charge is 0.493 e. The number of carbonyl (C=O) groups excluding carboxylic acids is 2. The Kier molecular flexibility index (Phi) is 8.78. The van der Waals surface area contributed by atoms with Gasteiger partial charge >= 0.3 is 0 Å². The van der Waals surface area contributed by atoms with Crippen LogP contribution in [0.25, 0.3) is 0 Å². The van der Waals surface area contributed by atoms with Crippen LogP contribution in [0.2, 0.25) is 0 Å². The Morgan fingerprint density at radius 1 is 0.667 bits per heavy atom. The number of benzene rings is 2. The molecule has 0 fully saturated rings. The highest BCUT2D eigenvalue weighted by atomic mass is 16.5. The third-order valence-corrected chi connectivity index (χ3v) is 5.85. The van der Waals surface area contributed by atoms with Crippen LogP contribution < -0.4 is 29.6 Å². The van der Waals surface area contributed by atoms with Crippen molar-refractivity contribution in [3.63, 3.8) is 0 Å². The summed E-state index contributed by atoms with van der Waals surface area (Å²) in [6.45, 7) is 4.20. The molecule has 0 saturated carbocycles. The minimum absolute atomic E-state index is 0.270. The summed E-state index contributed by atoms with van der Waals surface area (Å²) in [6, 6.07) is 13.6. The van der Waals surface area contributed by atoms with Gasteiger partial charge in [-0.3, -0.25) is 9.59 Å². The first-order valence-electron chi connectivity index (χ1n) is 12.2. The quantitative estimate of drug-likeness (QED) is 0.217. The van der Waals surface area contributed by atoms with E-state index >= 15 is 0 Å². The molecular weight excluding hydrogens is 504 g/mol. The van der Waals surface area contributed by atoms with Crippen molar-refractivity contribution in [2.24, 2.45) is 0 Å². The zero-order chi connectivity index (χ0) is 27.8. The maximum Gasteiger partial charge on any atom is 0.259 e. The van der Waals surface area contributed by atoms with Crippen molar-refractivity contribution in [1.82, 2.24) is 0 Å². The van der Waals surface area contributed by atoms with Crippen molar-refractivity contribution < 1.29 is 37.4 Å². The number of amides is 2. The maximum absolute atomic E-state index is 12.4. The number of rotatable bonds is 12. The van der Waals surface area contributed by atoms with Crippen LogP contribution in [0.3, 0.4) is 0 Å². The molecule has 2 amide bonds. The smallest absolute Gasteiger partial charge is 0.259 e. The van der Waals surface area contributed by atoms with Gasteiger partial charge in [-0.2, -0.15) is 0 Å².